The summed E-state index contributed by atoms with van der Waals surface area (Å²) < 4.78 is 19.6. The summed E-state index contributed by atoms with van der Waals surface area (Å²) in [7, 11) is 0. The Balaban J connectivity index is 1.58. The predicted octanol–water partition coefficient (Wildman–Crippen LogP) is 4.44. The third-order valence-corrected chi connectivity index (χ3v) is 5.10. The SMILES string of the molecule is O=C(COc1ccc(F)cc1)N(Cc1ccccn1)c1nc2ccccc2s1. The summed E-state index contributed by atoms with van der Waals surface area (Å²) in [6, 6.07) is 18.8. The van der Waals surface area contributed by atoms with Gasteiger partial charge in [-0.05, 0) is 48.5 Å². The molecule has 140 valence electrons. The molecule has 0 saturated carbocycles. The lowest BCUT2D eigenvalue weighted by Gasteiger charge is -2.19. The van der Waals surface area contributed by atoms with Crippen molar-refractivity contribution in [3.63, 3.8) is 0 Å². The Morgan fingerprint density at radius 3 is 2.57 bits per heavy atom. The smallest absolute Gasteiger partial charge is 0.267 e. The zero-order valence-electron chi connectivity index (χ0n) is 14.8. The van der Waals surface area contributed by atoms with Crippen molar-refractivity contribution >= 4 is 32.6 Å². The molecule has 1 amide bonds. The summed E-state index contributed by atoms with van der Waals surface area (Å²) in [4.78, 5) is 23.4. The van der Waals surface area contributed by atoms with Crippen LogP contribution in [0, 0.1) is 5.82 Å². The van der Waals surface area contributed by atoms with Crippen LogP contribution >= 0.6 is 11.3 Å². The molecular formula is C21H16FN3O2S. The van der Waals surface area contributed by atoms with Gasteiger partial charge in [0.25, 0.3) is 5.91 Å². The van der Waals surface area contributed by atoms with Crippen molar-refractivity contribution in [2.75, 3.05) is 11.5 Å². The van der Waals surface area contributed by atoms with Gasteiger partial charge in [0.05, 0.1) is 22.5 Å². The highest BCUT2D eigenvalue weighted by atomic mass is 32.1. The molecule has 28 heavy (non-hydrogen) atoms. The van der Waals surface area contributed by atoms with Gasteiger partial charge >= 0.3 is 0 Å². The summed E-state index contributed by atoms with van der Waals surface area (Å²) >= 11 is 1.44. The first-order valence-corrected chi connectivity index (χ1v) is 9.45. The van der Waals surface area contributed by atoms with Gasteiger partial charge in [-0.25, -0.2) is 9.37 Å². The number of thiazole rings is 1. The van der Waals surface area contributed by atoms with Gasteiger partial charge in [-0.3, -0.25) is 14.7 Å². The Bertz CT molecular complexity index is 1050. The minimum absolute atomic E-state index is 0.186. The van der Waals surface area contributed by atoms with E-state index in [9.17, 15) is 9.18 Å². The molecule has 5 nitrogen and oxygen atoms in total. The quantitative estimate of drug-likeness (QED) is 0.486. The second kappa shape index (κ2) is 8.14. The van der Waals surface area contributed by atoms with E-state index in [2.05, 4.69) is 9.97 Å². The maximum absolute atomic E-state index is 13.0. The van der Waals surface area contributed by atoms with Crippen molar-refractivity contribution in [1.29, 1.82) is 0 Å². The van der Waals surface area contributed by atoms with Crippen molar-refractivity contribution < 1.29 is 13.9 Å². The lowest BCUT2D eigenvalue weighted by atomic mass is 10.3. The maximum atomic E-state index is 13.0. The molecule has 0 aliphatic carbocycles. The number of amides is 1. The fourth-order valence-corrected chi connectivity index (χ4v) is 3.63. The highest BCUT2D eigenvalue weighted by Gasteiger charge is 2.21. The Morgan fingerprint density at radius 1 is 1.04 bits per heavy atom. The van der Waals surface area contributed by atoms with Gasteiger partial charge in [-0.1, -0.05) is 29.5 Å². The van der Waals surface area contributed by atoms with Gasteiger partial charge < -0.3 is 4.74 Å². The van der Waals surface area contributed by atoms with E-state index in [4.69, 9.17) is 4.74 Å². The molecule has 0 radical (unpaired) electrons. The summed E-state index contributed by atoms with van der Waals surface area (Å²) in [6.45, 7) is 0.0979. The van der Waals surface area contributed by atoms with Crippen LogP contribution in [0.3, 0.4) is 0 Å². The Kier molecular flexibility index (Phi) is 5.25. The minimum Gasteiger partial charge on any atom is -0.484 e. The summed E-state index contributed by atoms with van der Waals surface area (Å²) in [5.74, 6) is -0.184. The molecule has 0 spiro atoms. The molecule has 0 atom stereocenters. The van der Waals surface area contributed by atoms with Gasteiger partial charge in [-0.15, -0.1) is 0 Å². The fourth-order valence-electron chi connectivity index (χ4n) is 2.65. The number of para-hydroxylation sites is 1. The van der Waals surface area contributed by atoms with Crippen molar-refractivity contribution in [3.8, 4) is 5.75 Å². The largest absolute Gasteiger partial charge is 0.484 e. The fraction of sp³-hybridized carbons (Fsp3) is 0.0952. The van der Waals surface area contributed by atoms with Gasteiger partial charge in [0.15, 0.2) is 11.7 Å². The number of halogens is 1. The molecule has 0 N–H and O–H groups in total. The molecule has 7 heteroatoms. The van der Waals surface area contributed by atoms with E-state index in [1.807, 2.05) is 42.5 Å². The average molecular weight is 393 g/mol. The summed E-state index contributed by atoms with van der Waals surface area (Å²) in [5.41, 5.74) is 1.58. The second-order valence-corrected chi connectivity index (χ2v) is 7.02. The van der Waals surface area contributed by atoms with Crippen LogP contribution < -0.4 is 9.64 Å². The lowest BCUT2D eigenvalue weighted by Crippen LogP contribution is -2.34. The molecule has 0 fully saturated rings. The predicted molar refractivity (Wildman–Crippen MR) is 107 cm³/mol. The number of nitrogens with zero attached hydrogens (tertiary/aromatic N) is 3. The number of carbonyl (C=O) groups excluding carboxylic acids is 1. The van der Waals surface area contributed by atoms with E-state index >= 15 is 0 Å². The zero-order valence-corrected chi connectivity index (χ0v) is 15.6. The topological polar surface area (TPSA) is 55.3 Å². The van der Waals surface area contributed by atoms with Crippen molar-refractivity contribution in [1.82, 2.24) is 9.97 Å². The van der Waals surface area contributed by atoms with E-state index in [1.165, 1.54) is 35.6 Å². The zero-order chi connectivity index (χ0) is 19.3. The van der Waals surface area contributed by atoms with Crippen LogP contribution in [0.4, 0.5) is 9.52 Å². The Hall–Kier alpha value is -3.32. The van der Waals surface area contributed by atoms with Crippen molar-refractivity contribution in [2.45, 2.75) is 6.54 Å². The highest BCUT2D eigenvalue weighted by molar-refractivity contribution is 7.22. The molecule has 4 aromatic rings. The van der Waals surface area contributed by atoms with Gasteiger partial charge in [0.1, 0.15) is 11.6 Å². The van der Waals surface area contributed by atoms with E-state index in [0.717, 1.165) is 15.9 Å². The first-order chi connectivity index (χ1) is 13.7. The van der Waals surface area contributed by atoms with Crippen molar-refractivity contribution in [2.24, 2.45) is 0 Å². The number of anilines is 1. The average Bonchev–Trinajstić information content (AvgIpc) is 3.16. The van der Waals surface area contributed by atoms with Crippen LogP contribution in [-0.2, 0) is 11.3 Å². The van der Waals surface area contributed by atoms with Gasteiger partial charge in [-0.2, -0.15) is 0 Å². The Morgan fingerprint density at radius 2 is 1.82 bits per heavy atom. The number of ether oxygens (including phenoxy) is 1. The second-order valence-electron chi connectivity index (χ2n) is 6.01. The number of pyridine rings is 1. The third kappa shape index (κ3) is 4.15. The van der Waals surface area contributed by atoms with Crippen LogP contribution in [-0.4, -0.2) is 22.5 Å². The third-order valence-electron chi connectivity index (χ3n) is 4.04. The first-order valence-electron chi connectivity index (χ1n) is 8.63. The van der Waals surface area contributed by atoms with E-state index < -0.39 is 0 Å². The first kappa shape index (κ1) is 18.1. The van der Waals surface area contributed by atoms with Crippen LogP contribution in [0.2, 0.25) is 0 Å². The number of fused-ring (bicyclic) bond motifs is 1. The van der Waals surface area contributed by atoms with Crippen LogP contribution in [0.15, 0.2) is 72.9 Å². The summed E-state index contributed by atoms with van der Waals surface area (Å²) in [6.07, 6.45) is 1.69. The molecule has 4 rings (SSSR count). The van der Waals surface area contributed by atoms with E-state index in [-0.39, 0.29) is 24.9 Å². The standard InChI is InChI=1S/C21H16FN3O2S/c22-15-8-10-17(11-9-15)27-14-20(26)25(13-16-5-3-4-12-23-16)21-24-18-6-1-2-7-19(18)28-21/h1-12H,13-14H2. The van der Waals surface area contributed by atoms with Crippen LogP contribution in [0.1, 0.15) is 5.69 Å². The van der Waals surface area contributed by atoms with Gasteiger partial charge in [0.2, 0.25) is 0 Å². The molecule has 2 aromatic carbocycles. The van der Waals surface area contributed by atoms with Crippen LogP contribution in [0.5, 0.6) is 5.75 Å². The number of rotatable bonds is 6. The highest BCUT2D eigenvalue weighted by Crippen LogP contribution is 2.29. The normalized spacial score (nSPS) is 10.8. The number of benzene rings is 2. The summed E-state index contributed by atoms with van der Waals surface area (Å²) in [5, 5.41) is 0.583. The van der Waals surface area contributed by atoms with E-state index in [1.54, 1.807) is 11.1 Å². The molecule has 0 aliphatic rings. The minimum atomic E-state index is -0.357. The monoisotopic (exact) mass is 393 g/mol. The molecule has 0 aliphatic heterocycles. The van der Waals surface area contributed by atoms with Gasteiger partial charge in [0, 0.05) is 6.20 Å². The molecule has 2 heterocycles. The molecule has 0 saturated heterocycles. The maximum Gasteiger partial charge on any atom is 0.267 e. The molecule has 0 bridgehead atoms. The van der Waals surface area contributed by atoms with Crippen LogP contribution in [0.25, 0.3) is 10.2 Å². The van der Waals surface area contributed by atoms with Crippen molar-refractivity contribution in [3.05, 3.63) is 84.4 Å². The molecular weight excluding hydrogens is 377 g/mol. The molecule has 0 unspecified atom stereocenters. The van der Waals surface area contributed by atoms with E-state index in [0.29, 0.717) is 10.9 Å². The number of carbonyl (C=O) groups is 1. The number of hydrogen-bond acceptors (Lipinski definition) is 5. The lowest BCUT2D eigenvalue weighted by molar-refractivity contribution is -0.120. The molecule has 2 aromatic heterocycles. The Labute approximate surface area is 165 Å². The number of aromatic nitrogens is 2. The number of hydrogen-bond donors (Lipinski definition) is 0.